The van der Waals surface area contributed by atoms with Gasteiger partial charge in [-0.15, -0.1) is 0 Å². The van der Waals surface area contributed by atoms with Crippen molar-refractivity contribution in [1.82, 2.24) is 5.01 Å². The average molecular weight is 190 g/mol. The maximum atomic E-state index is 11.5. The zero-order valence-electron chi connectivity index (χ0n) is 8.23. The summed E-state index contributed by atoms with van der Waals surface area (Å²) in [6.07, 6.45) is 1.60. The Kier molecular flexibility index (Phi) is 2.39. The minimum absolute atomic E-state index is 0.182. The quantitative estimate of drug-likeness (QED) is 0.773. The monoisotopic (exact) mass is 190 g/mol. The summed E-state index contributed by atoms with van der Waals surface area (Å²) < 4.78 is 0. The number of nitrogens with one attached hydrogen (secondary N) is 1. The van der Waals surface area contributed by atoms with Crippen LogP contribution in [0.3, 0.4) is 0 Å². The number of carbonyl (C=O) groups is 1. The number of para-hydroxylation sites is 1. The highest BCUT2D eigenvalue weighted by atomic mass is 16.2. The number of nitrogens with zero attached hydrogens (tertiary/aromatic N) is 1. The third-order valence-corrected chi connectivity index (χ3v) is 2.51. The highest BCUT2D eigenvalue weighted by Crippen LogP contribution is 2.19. The topological polar surface area (TPSA) is 32.3 Å². The second-order valence-electron chi connectivity index (χ2n) is 3.63. The molecule has 1 saturated heterocycles. The summed E-state index contributed by atoms with van der Waals surface area (Å²) in [6.45, 7) is 2.06. The molecule has 0 saturated carbocycles. The summed E-state index contributed by atoms with van der Waals surface area (Å²) in [5.41, 5.74) is 4.09. The first-order chi connectivity index (χ1) is 6.77. The Labute approximate surface area is 83.7 Å². The molecule has 1 aliphatic heterocycles. The Balaban J connectivity index is 2.07. The summed E-state index contributed by atoms with van der Waals surface area (Å²) in [5.74, 6) is 0.182. The van der Waals surface area contributed by atoms with E-state index in [4.69, 9.17) is 0 Å². The summed E-state index contributed by atoms with van der Waals surface area (Å²) in [5, 5.41) is 1.72. The van der Waals surface area contributed by atoms with Gasteiger partial charge in [-0.1, -0.05) is 18.2 Å². The molecule has 0 aliphatic carbocycles. The van der Waals surface area contributed by atoms with Gasteiger partial charge < -0.3 is 0 Å². The van der Waals surface area contributed by atoms with E-state index >= 15 is 0 Å². The number of hydrazine groups is 1. The van der Waals surface area contributed by atoms with Crippen molar-refractivity contribution < 1.29 is 4.79 Å². The van der Waals surface area contributed by atoms with Gasteiger partial charge >= 0.3 is 0 Å². The zero-order valence-corrected chi connectivity index (χ0v) is 8.23. The maximum absolute atomic E-state index is 11.5. The Hall–Kier alpha value is -1.51. The third kappa shape index (κ3) is 1.71. The van der Waals surface area contributed by atoms with Gasteiger partial charge in [0, 0.05) is 6.42 Å². The lowest BCUT2D eigenvalue weighted by molar-refractivity contribution is -0.127. The van der Waals surface area contributed by atoms with Gasteiger partial charge in [0.25, 0.3) is 0 Å². The fourth-order valence-corrected chi connectivity index (χ4v) is 1.65. The molecule has 0 bridgehead atoms. The van der Waals surface area contributed by atoms with Crippen LogP contribution in [-0.2, 0) is 4.79 Å². The third-order valence-electron chi connectivity index (χ3n) is 2.51. The molecule has 3 heteroatoms. The average Bonchev–Trinajstić information content (AvgIpc) is 2.51. The second kappa shape index (κ2) is 3.70. The fourth-order valence-electron chi connectivity index (χ4n) is 1.65. The maximum Gasteiger partial charge on any atom is 0.241 e. The number of amides is 1. The number of rotatable bonds is 2. The van der Waals surface area contributed by atoms with Crippen molar-refractivity contribution in [3.05, 3.63) is 30.3 Å². The molecule has 1 aromatic carbocycles. The highest BCUT2D eigenvalue weighted by Gasteiger charge is 2.27. The van der Waals surface area contributed by atoms with Gasteiger partial charge in [0.1, 0.15) is 0 Å². The van der Waals surface area contributed by atoms with Crippen LogP contribution < -0.4 is 5.43 Å². The van der Waals surface area contributed by atoms with Gasteiger partial charge in [-0.2, -0.15) is 0 Å². The normalized spacial score (nSPS) is 21.4. The van der Waals surface area contributed by atoms with Crippen LogP contribution in [0, 0.1) is 0 Å². The number of hydrogen-bond donors (Lipinski definition) is 1. The largest absolute Gasteiger partial charge is 0.296 e. The number of benzene rings is 1. The van der Waals surface area contributed by atoms with E-state index in [0.29, 0.717) is 12.5 Å². The second-order valence-corrected chi connectivity index (χ2v) is 3.63. The van der Waals surface area contributed by atoms with E-state index < -0.39 is 0 Å². The van der Waals surface area contributed by atoms with Crippen molar-refractivity contribution in [2.45, 2.75) is 25.8 Å². The van der Waals surface area contributed by atoms with Gasteiger partial charge in [0.15, 0.2) is 0 Å². The Morgan fingerprint density at radius 1 is 1.36 bits per heavy atom. The van der Waals surface area contributed by atoms with Crippen molar-refractivity contribution in [3.8, 4) is 0 Å². The van der Waals surface area contributed by atoms with Gasteiger partial charge in [-0.25, -0.2) is 0 Å². The van der Waals surface area contributed by atoms with Crippen molar-refractivity contribution >= 4 is 11.6 Å². The molecule has 3 nitrogen and oxygen atoms in total. The van der Waals surface area contributed by atoms with Gasteiger partial charge in [-0.3, -0.25) is 15.2 Å². The van der Waals surface area contributed by atoms with Crippen LogP contribution in [0.15, 0.2) is 30.3 Å². The van der Waals surface area contributed by atoms with Gasteiger partial charge in [0.2, 0.25) is 5.91 Å². The van der Waals surface area contributed by atoms with Crippen LogP contribution in [-0.4, -0.2) is 17.0 Å². The predicted molar refractivity (Wildman–Crippen MR) is 55.6 cm³/mol. The lowest BCUT2D eigenvalue weighted by Crippen LogP contribution is -2.36. The van der Waals surface area contributed by atoms with Crippen molar-refractivity contribution in [1.29, 1.82) is 0 Å². The Morgan fingerprint density at radius 2 is 2.07 bits per heavy atom. The fraction of sp³-hybridized carbons (Fsp3) is 0.364. The lowest BCUT2D eigenvalue weighted by Gasteiger charge is -2.23. The summed E-state index contributed by atoms with van der Waals surface area (Å²) in [7, 11) is 0. The minimum Gasteiger partial charge on any atom is -0.296 e. The molecular formula is C11H14N2O. The molecule has 2 rings (SSSR count). The molecular weight excluding hydrogens is 176 g/mol. The van der Waals surface area contributed by atoms with E-state index in [-0.39, 0.29) is 5.91 Å². The standard InChI is InChI=1S/C11H14N2O/c1-9-7-8-11(14)13(9)12-10-5-3-2-4-6-10/h2-6,9,12H,7-8H2,1H3. The van der Waals surface area contributed by atoms with Gasteiger partial charge in [-0.05, 0) is 25.5 Å². The first-order valence-electron chi connectivity index (χ1n) is 4.91. The molecule has 1 N–H and O–H groups in total. The summed E-state index contributed by atoms with van der Waals surface area (Å²) in [4.78, 5) is 11.5. The van der Waals surface area contributed by atoms with Crippen LogP contribution >= 0.6 is 0 Å². The van der Waals surface area contributed by atoms with E-state index in [1.807, 2.05) is 30.3 Å². The highest BCUT2D eigenvalue weighted by molar-refractivity contribution is 5.80. The van der Waals surface area contributed by atoms with E-state index in [1.165, 1.54) is 0 Å². The van der Waals surface area contributed by atoms with Crippen LogP contribution in [0.1, 0.15) is 19.8 Å². The smallest absolute Gasteiger partial charge is 0.241 e. The molecule has 1 atom stereocenters. The number of anilines is 1. The van der Waals surface area contributed by atoms with Crippen molar-refractivity contribution in [3.63, 3.8) is 0 Å². The molecule has 1 fully saturated rings. The lowest BCUT2D eigenvalue weighted by atomic mass is 10.2. The van der Waals surface area contributed by atoms with Crippen LogP contribution in [0.2, 0.25) is 0 Å². The molecule has 1 amide bonds. The van der Waals surface area contributed by atoms with Crippen LogP contribution in [0.5, 0.6) is 0 Å². The Morgan fingerprint density at radius 3 is 2.64 bits per heavy atom. The van der Waals surface area contributed by atoms with Crippen LogP contribution in [0.25, 0.3) is 0 Å². The predicted octanol–water partition coefficient (Wildman–Crippen LogP) is 2.02. The van der Waals surface area contributed by atoms with Crippen LogP contribution in [0.4, 0.5) is 5.69 Å². The van der Waals surface area contributed by atoms with E-state index in [2.05, 4.69) is 12.3 Å². The summed E-state index contributed by atoms with van der Waals surface area (Å²) in [6, 6.07) is 10.1. The van der Waals surface area contributed by atoms with E-state index in [9.17, 15) is 4.79 Å². The van der Waals surface area contributed by atoms with E-state index in [0.717, 1.165) is 12.1 Å². The SMILES string of the molecule is CC1CCC(=O)N1Nc1ccccc1. The minimum atomic E-state index is 0.182. The molecule has 1 heterocycles. The van der Waals surface area contributed by atoms with Crippen molar-refractivity contribution in [2.24, 2.45) is 0 Å². The Bertz CT molecular complexity index is 323. The van der Waals surface area contributed by atoms with Crippen molar-refractivity contribution in [2.75, 3.05) is 5.43 Å². The molecule has 74 valence electrons. The zero-order chi connectivity index (χ0) is 9.97. The molecule has 0 spiro atoms. The molecule has 1 aliphatic rings. The molecule has 14 heavy (non-hydrogen) atoms. The first kappa shape index (κ1) is 9.06. The molecule has 1 aromatic rings. The van der Waals surface area contributed by atoms with Gasteiger partial charge in [0.05, 0.1) is 11.7 Å². The number of carbonyl (C=O) groups excluding carboxylic acids is 1. The number of hydrogen-bond acceptors (Lipinski definition) is 2. The van der Waals surface area contributed by atoms with E-state index in [1.54, 1.807) is 5.01 Å². The molecule has 0 radical (unpaired) electrons. The molecule has 1 unspecified atom stereocenters. The summed E-state index contributed by atoms with van der Waals surface area (Å²) >= 11 is 0. The first-order valence-corrected chi connectivity index (χ1v) is 4.91. The molecule has 0 aromatic heterocycles.